The number of hydrogen-bond donors (Lipinski definition) is 3. The number of aliphatic carboxylic acids is 1. The first kappa shape index (κ1) is 14.7. The lowest BCUT2D eigenvalue weighted by Gasteiger charge is -2.09. The summed E-state index contributed by atoms with van der Waals surface area (Å²) < 4.78 is 0. The first-order valence-electron chi connectivity index (χ1n) is 6.34. The van der Waals surface area contributed by atoms with Crippen LogP contribution in [0.5, 0.6) is 0 Å². The Morgan fingerprint density at radius 1 is 1.11 bits per heavy atom. The summed E-state index contributed by atoms with van der Waals surface area (Å²) in [6.45, 7) is 1.84. The molecule has 0 fully saturated rings. The van der Waals surface area contributed by atoms with E-state index in [1.165, 1.54) is 0 Å². The number of aliphatic hydroxyl groups excluding tert-OH is 1. The van der Waals surface area contributed by atoms with Gasteiger partial charge in [-0.05, 0) is 36.9 Å². The smallest absolute Gasteiger partial charge is 0.307 e. The molecule has 0 saturated heterocycles. The van der Waals surface area contributed by atoms with Gasteiger partial charge in [0.2, 0.25) is 0 Å². The Kier molecular flexibility index (Phi) is 7.06. The lowest BCUT2D eigenvalue weighted by atomic mass is 10.0. The number of unbranched alkanes of at least 4 members (excludes halogenated alkanes) is 2. The van der Waals surface area contributed by atoms with Crippen LogP contribution in [0.15, 0.2) is 24.3 Å². The zero-order valence-electron chi connectivity index (χ0n) is 10.6. The van der Waals surface area contributed by atoms with E-state index in [4.69, 9.17) is 10.2 Å². The maximum atomic E-state index is 10.7. The fraction of sp³-hybridized carbons (Fsp3) is 0.500. The molecule has 0 heterocycles. The average molecular weight is 251 g/mol. The lowest BCUT2D eigenvalue weighted by molar-refractivity contribution is -0.136. The van der Waals surface area contributed by atoms with Crippen molar-refractivity contribution in [3.63, 3.8) is 0 Å². The highest BCUT2D eigenvalue weighted by Gasteiger charge is 2.05. The fourth-order valence-electron chi connectivity index (χ4n) is 1.83. The van der Waals surface area contributed by atoms with Crippen LogP contribution in [-0.2, 0) is 17.8 Å². The molecule has 0 radical (unpaired) electrons. The minimum absolute atomic E-state index is 0.0718. The van der Waals surface area contributed by atoms with Gasteiger partial charge in [0.05, 0.1) is 6.42 Å². The number of hydrogen-bond acceptors (Lipinski definition) is 3. The van der Waals surface area contributed by atoms with Crippen LogP contribution in [0.2, 0.25) is 0 Å². The third-order valence-electron chi connectivity index (χ3n) is 2.79. The molecule has 1 aromatic carbocycles. The van der Waals surface area contributed by atoms with Gasteiger partial charge >= 0.3 is 5.97 Å². The van der Waals surface area contributed by atoms with Gasteiger partial charge in [0, 0.05) is 13.2 Å². The highest BCUT2D eigenvalue weighted by atomic mass is 16.4. The molecule has 0 aliphatic heterocycles. The highest BCUT2D eigenvalue weighted by Crippen LogP contribution is 2.09. The normalized spacial score (nSPS) is 10.5. The van der Waals surface area contributed by atoms with Gasteiger partial charge in [-0.2, -0.15) is 0 Å². The second kappa shape index (κ2) is 8.66. The van der Waals surface area contributed by atoms with Gasteiger partial charge in [-0.15, -0.1) is 0 Å². The zero-order valence-corrected chi connectivity index (χ0v) is 10.6. The van der Waals surface area contributed by atoms with E-state index in [1.54, 1.807) is 0 Å². The molecule has 0 aliphatic carbocycles. The molecule has 0 atom stereocenters. The molecule has 0 amide bonds. The molecule has 0 unspecified atom stereocenters. The van der Waals surface area contributed by atoms with Crippen molar-refractivity contribution in [2.24, 2.45) is 0 Å². The number of nitrogens with one attached hydrogen (secondary N) is 1. The minimum Gasteiger partial charge on any atom is -0.481 e. The summed E-state index contributed by atoms with van der Waals surface area (Å²) in [6.07, 6.45) is 2.96. The Labute approximate surface area is 108 Å². The van der Waals surface area contributed by atoms with E-state index in [-0.39, 0.29) is 13.0 Å². The molecule has 0 aromatic heterocycles. The lowest BCUT2D eigenvalue weighted by Crippen LogP contribution is -2.16. The Balaban J connectivity index is 2.34. The number of rotatable bonds is 9. The molecule has 0 saturated carbocycles. The van der Waals surface area contributed by atoms with Crippen molar-refractivity contribution >= 4 is 5.97 Å². The van der Waals surface area contributed by atoms with E-state index in [2.05, 4.69) is 5.32 Å². The maximum absolute atomic E-state index is 10.7. The molecule has 0 spiro atoms. The Morgan fingerprint density at radius 3 is 2.50 bits per heavy atom. The van der Waals surface area contributed by atoms with Crippen molar-refractivity contribution < 1.29 is 15.0 Å². The molecule has 1 aromatic rings. The predicted octanol–water partition coefficient (Wildman–Crippen LogP) is 1.57. The van der Waals surface area contributed by atoms with Crippen LogP contribution >= 0.6 is 0 Å². The average Bonchev–Trinajstić information content (AvgIpc) is 2.35. The van der Waals surface area contributed by atoms with Crippen LogP contribution < -0.4 is 5.32 Å². The molecule has 4 heteroatoms. The van der Waals surface area contributed by atoms with Crippen LogP contribution in [0.3, 0.4) is 0 Å². The largest absolute Gasteiger partial charge is 0.481 e. The first-order valence-corrected chi connectivity index (χ1v) is 6.34. The number of aliphatic hydroxyl groups is 1. The van der Waals surface area contributed by atoms with E-state index < -0.39 is 5.97 Å². The molecule has 18 heavy (non-hydrogen) atoms. The highest BCUT2D eigenvalue weighted by molar-refractivity contribution is 5.70. The predicted molar refractivity (Wildman–Crippen MR) is 70.4 cm³/mol. The maximum Gasteiger partial charge on any atom is 0.307 e. The van der Waals surface area contributed by atoms with E-state index >= 15 is 0 Å². The van der Waals surface area contributed by atoms with Crippen molar-refractivity contribution in [3.05, 3.63) is 35.4 Å². The number of benzene rings is 1. The monoisotopic (exact) mass is 251 g/mol. The second-order valence-corrected chi connectivity index (χ2v) is 4.30. The van der Waals surface area contributed by atoms with E-state index in [0.717, 1.165) is 36.9 Å². The minimum atomic E-state index is -0.801. The van der Waals surface area contributed by atoms with Crippen LogP contribution in [0.25, 0.3) is 0 Å². The SMILES string of the molecule is O=C(O)Cc1ccccc1CNCCCCCO. The quantitative estimate of drug-likeness (QED) is 0.583. The molecule has 3 N–H and O–H groups in total. The van der Waals surface area contributed by atoms with E-state index in [9.17, 15) is 4.79 Å². The summed E-state index contributed by atoms with van der Waals surface area (Å²) in [5, 5.41) is 20.8. The third-order valence-corrected chi connectivity index (χ3v) is 2.79. The first-order chi connectivity index (χ1) is 8.74. The Bertz CT molecular complexity index is 366. The van der Waals surface area contributed by atoms with Gasteiger partial charge in [0.25, 0.3) is 0 Å². The van der Waals surface area contributed by atoms with Crippen LogP contribution in [-0.4, -0.2) is 29.3 Å². The molecular formula is C14H21NO3. The van der Waals surface area contributed by atoms with Crippen molar-refractivity contribution in [1.82, 2.24) is 5.32 Å². The summed E-state index contributed by atoms with van der Waals surface area (Å²) in [4.78, 5) is 10.7. The van der Waals surface area contributed by atoms with E-state index in [1.807, 2.05) is 24.3 Å². The van der Waals surface area contributed by atoms with Gasteiger partial charge < -0.3 is 15.5 Å². The second-order valence-electron chi connectivity index (χ2n) is 4.30. The van der Waals surface area contributed by atoms with Gasteiger partial charge in [-0.3, -0.25) is 4.79 Å². The van der Waals surface area contributed by atoms with Gasteiger partial charge in [-0.25, -0.2) is 0 Å². The van der Waals surface area contributed by atoms with Crippen molar-refractivity contribution in [2.45, 2.75) is 32.2 Å². The summed E-state index contributed by atoms with van der Waals surface area (Å²) in [5.74, 6) is -0.801. The van der Waals surface area contributed by atoms with E-state index in [0.29, 0.717) is 6.54 Å². The summed E-state index contributed by atoms with van der Waals surface area (Å²) >= 11 is 0. The molecule has 1 rings (SSSR count). The fourth-order valence-corrected chi connectivity index (χ4v) is 1.83. The van der Waals surface area contributed by atoms with Crippen LogP contribution in [0.1, 0.15) is 30.4 Å². The van der Waals surface area contributed by atoms with Gasteiger partial charge in [0.1, 0.15) is 0 Å². The number of carboxylic acid groups (broad SMARTS) is 1. The third kappa shape index (κ3) is 5.80. The van der Waals surface area contributed by atoms with Crippen LogP contribution in [0.4, 0.5) is 0 Å². The Morgan fingerprint density at radius 2 is 1.83 bits per heavy atom. The summed E-state index contributed by atoms with van der Waals surface area (Å²) in [6, 6.07) is 7.60. The molecule has 0 bridgehead atoms. The standard InChI is InChI=1S/C14H21NO3/c16-9-5-1-4-8-15-11-13-7-3-2-6-12(13)10-14(17)18/h2-3,6-7,15-16H,1,4-5,8-11H2,(H,17,18). The molecular weight excluding hydrogens is 230 g/mol. The van der Waals surface area contributed by atoms with Crippen molar-refractivity contribution in [3.8, 4) is 0 Å². The number of carboxylic acids is 1. The summed E-state index contributed by atoms with van der Waals surface area (Å²) in [7, 11) is 0. The van der Waals surface area contributed by atoms with Crippen molar-refractivity contribution in [1.29, 1.82) is 0 Å². The molecule has 4 nitrogen and oxygen atoms in total. The summed E-state index contributed by atoms with van der Waals surface area (Å²) in [5.41, 5.74) is 1.91. The molecule has 0 aliphatic rings. The van der Waals surface area contributed by atoms with Crippen LogP contribution in [0, 0.1) is 0 Å². The Hall–Kier alpha value is -1.39. The zero-order chi connectivity index (χ0) is 13.2. The topological polar surface area (TPSA) is 69.6 Å². The van der Waals surface area contributed by atoms with Crippen molar-refractivity contribution in [2.75, 3.05) is 13.2 Å². The van der Waals surface area contributed by atoms with Gasteiger partial charge in [-0.1, -0.05) is 24.3 Å². The number of carbonyl (C=O) groups is 1. The molecule has 100 valence electrons. The van der Waals surface area contributed by atoms with Gasteiger partial charge in [0.15, 0.2) is 0 Å².